The van der Waals surface area contributed by atoms with Crippen LogP contribution < -0.4 is 0 Å². The highest BCUT2D eigenvalue weighted by Crippen LogP contribution is 2.53. The molecular weight excluding hydrogens is 536 g/mol. The van der Waals surface area contributed by atoms with Crippen LogP contribution in [-0.4, -0.2) is 116 Å². The second-order valence-electron chi connectivity index (χ2n) is 10.0. The number of phenols is 1. The van der Waals surface area contributed by atoms with Crippen molar-refractivity contribution in [2.24, 2.45) is 5.92 Å². The molecule has 220 valence electrons. The second-order valence-corrected chi connectivity index (χ2v) is 10.0. The third kappa shape index (κ3) is 5.44. The van der Waals surface area contributed by atoms with E-state index in [0.29, 0.717) is 5.56 Å². The molecule has 0 radical (unpaired) electrons. The number of aromatic hydroxyl groups is 1. The van der Waals surface area contributed by atoms with Gasteiger partial charge in [-0.3, -0.25) is 0 Å². The summed E-state index contributed by atoms with van der Waals surface area (Å²) in [6, 6.07) is 5.94. The number of carbonyl (C=O) groups is 2. The van der Waals surface area contributed by atoms with Crippen LogP contribution in [0.4, 0.5) is 0 Å². The van der Waals surface area contributed by atoms with Gasteiger partial charge < -0.3 is 59.4 Å². The van der Waals surface area contributed by atoms with E-state index in [0.717, 1.165) is 19.4 Å². The summed E-state index contributed by atoms with van der Waals surface area (Å²) in [5, 5.41) is 72.7. The van der Waals surface area contributed by atoms with Crippen molar-refractivity contribution in [2.75, 3.05) is 13.7 Å². The summed E-state index contributed by atoms with van der Waals surface area (Å²) in [5.74, 6) is -3.38. The minimum absolute atomic E-state index is 0.0368. The standard InChI is InChI=1S/C26H32O14/c1-25(34)16(39-17(29)8-5-12-3-6-13(28)7-4-12)9-26(35)14(22(33)36-2)11-37-24(21(25)26)40-23-20(32)19(31)18(30)15(10-27)38-23/h3-8,11,15-16,18-21,23-24,27-28,30-32,34-35H,9-10H2,1-2H3/b8-5+/t15-,16+,18-,19+,20-,21-,23+,24+,25+,26+/m1/s1. The number of esters is 2. The predicted octanol–water partition coefficient (Wildman–Crippen LogP) is -1.95. The fourth-order valence-electron chi connectivity index (χ4n) is 5.24. The van der Waals surface area contributed by atoms with Crippen LogP contribution in [0.15, 0.2) is 42.2 Å². The molecule has 1 saturated heterocycles. The number of methoxy groups -OCH3 is 1. The molecule has 10 atom stereocenters. The molecule has 0 unspecified atom stereocenters. The van der Waals surface area contributed by atoms with Crippen molar-refractivity contribution in [1.82, 2.24) is 0 Å². The summed E-state index contributed by atoms with van der Waals surface area (Å²) in [5.41, 5.74) is -4.16. The summed E-state index contributed by atoms with van der Waals surface area (Å²) >= 11 is 0. The van der Waals surface area contributed by atoms with Crippen LogP contribution in [0.2, 0.25) is 0 Å². The maximum Gasteiger partial charge on any atom is 0.339 e. The predicted molar refractivity (Wildman–Crippen MR) is 131 cm³/mol. The zero-order valence-electron chi connectivity index (χ0n) is 21.6. The maximum absolute atomic E-state index is 12.6. The first kappa shape index (κ1) is 29.9. The Kier molecular flexibility index (Phi) is 8.54. The third-order valence-electron chi connectivity index (χ3n) is 7.44. The van der Waals surface area contributed by atoms with Gasteiger partial charge in [0, 0.05) is 12.5 Å². The molecule has 7 N–H and O–H groups in total. The van der Waals surface area contributed by atoms with Gasteiger partial charge in [-0.1, -0.05) is 12.1 Å². The summed E-state index contributed by atoms with van der Waals surface area (Å²) in [4.78, 5) is 25.1. The first-order chi connectivity index (χ1) is 18.8. The Morgan fingerprint density at radius 1 is 1.07 bits per heavy atom. The molecule has 14 nitrogen and oxygen atoms in total. The first-order valence-corrected chi connectivity index (χ1v) is 12.4. The lowest BCUT2D eigenvalue weighted by Crippen LogP contribution is -2.62. The summed E-state index contributed by atoms with van der Waals surface area (Å²) < 4.78 is 26.7. The van der Waals surface area contributed by atoms with Crippen LogP contribution >= 0.6 is 0 Å². The number of aliphatic hydroxyl groups is 6. The largest absolute Gasteiger partial charge is 0.508 e. The molecule has 1 aromatic rings. The Bertz CT molecular complexity index is 1140. The van der Waals surface area contributed by atoms with E-state index in [2.05, 4.69) is 0 Å². The topological polar surface area (TPSA) is 222 Å². The normalized spacial score (nSPS) is 39.2. The van der Waals surface area contributed by atoms with Crippen LogP contribution in [0.25, 0.3) is 6.08 Å². The van der Waals surface area contributed by atoms with Crippen LogP contribution in [0, 0.1) is 5.92 Å². The molecule has 3 aliphatic rings. The van der Waals surface area contributed by atoms with Crippen molar-refractivity contribution in [1.29, 1.82) is 0 Å². The number of benzene rings is 1. The first-order valence-electron chi connectivity index (χ1n) is 12.4. The van der Waals surface area contributed by atoms with Crippen molar-refractivity contribution in [3.63, 3.8) is 0 Å². The summed E-state index contributed by atoms with van der Waals surface area (Å²) in [6.45, 7) is 0.494. The molecule has 1 saturated carbocycles. The van der Waals surface area contributed by atoms with E-state index in [9.17, 15) is 45.3 Å². The smallest absolute Gasteiger partial charge is 0.339 e. The number of hydrogen-bond donors (Lipinski definition) is 7. The molecule has 0 spiro atoms. The van der Waals surface area contributed by atoms with E-state index in [-0.39, 0.29) is 5.75 Å². The molecule has 0 aromatic heterocycles. The lowest BCUT2D eigenvalue weighted by atomic mass is 9.77. The molecule has 1 aliphatic carbocycles. The van der Waals surface area contributed by atoms with Crippen LogP contribution in [0.3, 0.4) is 0 Å². The SMILES string of the molecule is COC(=O)C1=CO[C@@H](O[C@@H]2O[C@H](CO)[C@@H](O)[C@H](O)[C@H]2O)[C@@H]2[C@@](C)(O)[C@@H](OC(=O)/C=C/c3ccc(O)cc3)C[C@]12O. The zero-order valence-corrected chi connectivity index (χ0v) is 21.6. The van der Waals surface area contributed by atoms with Crippen molar-refractivity contribution in [2.45, 2.75) is 67.6 Å². The van der Waals surface area contributed by atoms with Crippen molar-refractivity contribution in [3.05, 3.63) is 47.7 Å². The number of carbonyl (C=O) groups excluding carboxylic acids is 2. The van der Waals surface area contributed by atoms with Gasteiger partial charge in [0.25, 0.3) is 0 Å². The van der Waals surface area contributed by atoms with E-state index in [4.69, 9.17) is 23.7 Å². The molecule has 2 heterocycles. The third-order valence-corrected chi connectivity index (χ3v) is 7.44. The Labute approximate surface area is 228 Å². The number of aliphatic hydroxyl groups excluding tert-OH is 4. The van der Waals surface area contributed by atoms with Gasteiger partial charge in [0.1, 0.15) is 53.0 Å². The minimum atomic E-state index is -2.22. The van der Waals surface area contributed by atoms with Crippen molar-refractivity contribution >= 4 is 18.0 Å². The van der Waals surface area contributed by atoms with Crippen molar-refractivity contribution in [3.8, 4) is 5.75 Å². The number of phenolic OH excluding ortho intramolecular Hbond substituents is 1. The minimum Gasteiger partial charge on any atom is -0.508 e. The summed E-state index contributed by atoms with van der Waals surface area (Å²) in [7, 11) is 1.07. The molecule has 40 heavy (non-hydrogen) atoms. The van der Waals surface area contributed by atoms with Crippen LogP contribution in [0.1, 0.15) is 18.9 Å². The lowest BCUT2D eigenvalue weighted by Gasteiger charge is -2.46. The van der Waals surface area contributed by atoms with E-state index < -0.39 is 90.8 Å². The average molecular weight is 569 g/mol. The van der Waals surface area contributed by atoms with E-state index in [1.165, 1.54) is 25.1 Å². The number of fused-ring (bicyclic) bond motifs is 1. The Morgan fingerprint density at radius 2 is 1.75 bits per heavy atom. The maximum atomic E-state index is 12.6. The molecule has 2 aliphatic heterocycles. The molecule has 4 rings (SSSR count). The van der Waals surface area contributed by atoms with E-state index in [1.807, 2.05) is 0 Å². The fraction of sp³-hybridized carbons (Fsp3) is 0.538. The van der Waals surface area contributed by atoms with Gasteiger partial charge in [0.15, 0.2) is 6.29 Å². The molecule has 14 heteroatoms. The number of rotatable bonds is 7. The quantitative estimate of drug-likeness (QED) is 0.140. The van der Waals surface area contributed by atoms with Crippen LogP contribution in [-0.2, 0) is 33.3 Å². The summed E-state index contributed by atoms with van der Waals surface area (Å²) in [6.07, 6.45) is -8.50. The van der Waals surface area contributed by atoms with Gasteiger partial charge in [0.2, 0.25) is 6.29 Å². The fourth-order valence-corrected chi connectivity index (χ4v) is 5.24. The van der Waals surface area contributed by atoms with Crippen LogP contribution in [0.5, 0.6) is 5.75 Å². The molecule has 2 fully saturated rings. The van der Waals surface area contributed by atoms with Gasteiger partial charge in [0.05, 0.1) is 25.9 Å². The molecule has 0 bridgehead atoms. The Hall–Kier alpha value is -3.08. The highest BCUT2D eigenvalue weighted by atomic mass is 16.8. The van der Waals surface area contributed by atoms with Gasteiger partial charge in [-0.15, -0.1) is 0 Å². The highest BCUT2D eigenvalue weighted by molar-refractivity contribution is 5.91. The van der Waals surface area contributed by atoms with Gasteiger partial charge in [-0.05, 0) is 30.7 Å². The highest BCUT2D eigenvalue weighted by Gasteiger charge is 2.69. The van der Waals surface area contributed by atoms with Gasteiger partial charge in [-0.2, -0.15) is 0 Å². The lowest BCUT2D eigenvalue weighted by molar-refractivity contribution is -0.352. The molecule has 1 aromatic carbocycles. The second kappa shape index (κ2) is 11.4. The van der Waals surface area contributed by atoms with Gasteiger partial charge >= 0.3 is 11.9 Å². The average Bonchev–Trinajstić information content (AvgIpc) is 3.13. The molecule has 0 amide bonds. The Balaban J connectivity index is 1.60. The zero-order chi connectivity index (χ0) is 29.4. The monoisotopic (exact) mass is 568 g/mol. The molecular formula is C26H32O14. The van der Waals surface area contributed by atoms with Crippen molar-refractivity contribution < 1.29 is 69.0 Å². The van der Waals surface area contributed by atoms with Gasteiger partial charge in [-0.25, -0.2) is 9.59 Å². The number of hydrogen-bond acceptors (Lipinski definition) is 14. The Morgan fingerprint density at radius 3 is 2.38 bits per heavy atom. The van der Waals surface area contributed by atoms with E-state index in [1.54, 1.807) is 12.1 Å². The van der Waals surface area contributed by atoms with E-state index >= 15 is 0 Å². The number of ether oxygens (including phenoxy) is 5.